The highest BCUT2D eigenvalue weighted by atomic mass is 32.1. The molecule has 3 amide bonds. The van der Waals surface area contributed by atoms with E-state index in [1.807, 2.05) is 47.5 Å². The predicted molar refractivity (Wildman–Crippen MR) is 119 cm³/mol. The fraction of sp³-hybridized carbons (Fsp3) is 0.348. The van der Waals surface area contributed by atoms with Gasteiger partial charge in [-0.25, -0.2) is 0 Å². The second-order valence-electron chi connectivity index (χ2n) is 7.46. The number of amides is 3. The lowest BCUT2D eigenvalue weighted by molar-refractivity contribution is -0.124. The highest BCUT2D eigenvalue weighted by Crippen LogP contribution is 2.23. The minimum atomic E-state index is -0.642. The molecule has 6 nitrogen and oxygen atoms in total. The van der Waals surface area contributed by atoms with Gasteiger partial charge in [-0.1, -0.05) is 29.8 Å². The number of carbonyl (C=O) groups excluding carboxylic acids is 3. The first-order chi connectivity index (χ1) is 14.5. The van der Waals surface area contributed by atoms with Gasteiger partial charge in [-0.05, 0) is 49.3 Å². The molecule has 0 aliphatic carbocycles. The van der Waals surface area contributed by atoms with Crippen molar-refractivity contribution in [1.82, 2.24) is 15.5 Å². The number of rotatable bonds is 7. The summed E-state index contributed by atoms with van der Waals surface area (Å²) in [5.74, 6) is -0.505. The maximum atomic E-state index is 12.8. The van der Waals surface area contributed by atoms with Gasteiger partial charge in [0.15, 0.2) is 0 Å². The maximum Gasteiger partial charge on any atom is 0.262 e. The lowest BCUT2D eigenvalue weighted by Crippen LogP contribution is -2.53. The average molecular weight is 426 g/mol. The highest BCUT2D eigenvalue weighted by molar-refractivity contribution is 7.12. The number of hydrogen-bond donors (Lipinski definition) is 2. The lowest BCUT2D eigenvalue weighted by Gasteiger charge is -2.35. The second-order valence-corrected chi connectivity index (χ2v) is 8.41. The van der Waals surface area contributed by atoms with E-state index in [1.165, 1.54) is 11.3 Å². The summed E-state index contributed by atoms with van der Waals surface area (Å²) in [6, 6.07) is 10.5. The zero-order valence-electron chi connectivity index (χ0n) is 17.1. The van der Waals surface area contributed by atoms with Crippen LogP contribution in [0.5, 0.6) is 0 Å². The number of carbonyl (C=O) groups is 3. The van der Waals surface area contributed by atoms with Crippen molar-refractivity contribution in [2.75, 3.05) is 19.6 Å². The van der Waals surface area contributed by atoms with Crippen molar-refractivity contribution in [3.63, 3.8) is 0 Å². The molecule has 0 bridgehead atoms. The zero-order chi connectivity index (χ0) is 21.5. The summed E-state index contributed by atoms with van der Waals surface area (Å²) in [5, 5.41) is 7.53. The van der Waals surface area contributed by atoms with Crippen molar-refractivity contribution in [3.05, 3.63) is 70.4 Å². The molecule has 1 aliphatic rings. The van der Waals surface area contributed by atoms with E-state index < -0.39 is 6.04 Å². The van der Waals surface area contributed by atoms with Gasteiger partial charge in [-0.3, -0.25) is 14.4 Å². The number of likely N-dealkylation sites (tertiary alicyclic amines) is 1. The van der Waals surface area contributed by atoms with E-state index in [-0.39, 0.29) is 23.6 Å². The molecule has 2 heterocycles. The quantitative estimate of drug-likeness (QED) is 0.670. The molecule has 0 spiro atoms. The van der Waals surface area contributed by atoms with Crippen LogP contribution in [0.15, 0.2) is 54.4 Å². The number of piperidine rings is 1. The summed E-state index contributed by atoms with van der Waals surface area (Å²) in [6.07, 6.45) is 2.90. The Morgan fingerprint density at radius 1 is 1.20 bits per heavy atom. The Balaban J connectivity index is 1.65. The van der Waals surface area contributed by atoms with Gasteiger partial charge in [0.2, 0.25) is 5.91 Å². The smallest absolute Gasteiger partial charge is 0.262 e. The van der Waals surface area contributed by atoms with Crippen molar-refractivity contribution < 1.29 is 14.4 Å². The number of nitrogens with zero attached hydrogens (tertiary/aromatic N) is 1. The summed E-state index contributed by atoms with van der Waals surface area (Å²) in [4.78, 5) is 40.4. The molecular weight excluding hydrogens is 398 g/mol. The van der Waals surface area contributed by atoms with Gasteiger partial charge in [0.25, 0.3) is 11.8 Å². The molecule has 2 N–H and O–H groups in total. The summed E-state index contributed by atoms with van der Waals surface area (Å²) in [6.45, 7) is 7.06. The number of hydrogen-bond acceptors (Lipinski definition) is 4. The third kappa shape index (κ3) is 5.36. The molecule has 1 aliphatic heterocycles. The van der Waals surface area contributed by atoms with Crippen LogP contribution in [0.1, 0.15) is 38.4 Å². The van der Waals surface area contributed by atoms with E-state index in [0.717, 1.165) is 5.56 Å². The monoisotopic (exact) mass is 425 g/mol. The minimum absolute atomic E-state index is 0.00345. The average Bonchev–Trinajstić information content (AvgIpc) is 3.31. The Hall–Kier alpha value is -2.93. The van der Waals surface area contributed by atoms with Gasteiger partial charge in [-0.2, -0.15) is 0 Å². The van der Waals surface area contributed by atoms with Crippen molar-refractivity contribution in [3.8, 4) is 0 Å². The third-order valence-corrected chi connectivity index (χ3v) is 6.20. The summed E-state index contributed by atoms with van der Waals surface area (Å²) in [5.41, 5.74) is 1.78. The van der Waals surface area contributed by atoms with Crippen LogP contribution in [0.3, 0.4) is 0 Å². The van der Waals surface area contributed by atoms with Crippen molar-refractivity contribution in [1.29, 1.82) is 0 Å². The van der Waals surface area contributed by atoms with E-state index in [2.05, 4.69) is 17.2 Å². The Bertz CT molecular complexity index is 885. The normalized spacial score (nSPS) is 15.3. The van der Waals surface area contributed by atoms with Crippen LogP contribution in [-0.4, -0.2) is 48.3 Å². The molecule has 1 aromatic heterocycles. The highest BCUT2D eigenvalue weighted by Gasteiger charge is 2.34. The van der Waals surface area contributed by atoms with E-state index in [0.29, 0.717) is 42.9 Å². The molecule has 2 aromatic rings. The molecule has 158 valence electrons. The van der Waals surface area contributed by atoms with Crippen LogP contribution in [0.4, 0.5) is 0 Å². The molecule has 1 aromatic carbocycles. The largest absolute Gasteiger partial charge is 0.351 e. The third-order valence-electron chi connectivity index (χ3n) is 5.33. The van der Waals surface area contributed by atoms with Gasteiger partial charge in [0.05, 0.1) is 4.88 Å². The topological polar surface area (TPSA) is 78.5 Å². The minimum Gasteiger partial charge on any atom is -0.351 e. The number of benzene rings is 1. The molecule has 1 saturated heterocycles. The Labute approximate surface area is 181 Å². The van der Waals surface area contributed by atoms with Crippen molar-refractivity contribution >= 4 is 29.1 Å². The van der Waals surface area contributed by atoms with E-state index in [4.69, 9.17) is 0 Å². The number of aryl methyl sites for hydroxylation is 1. The molecular formula is C23H27N3O3S. The molecule has 1 atom stereocenters. The van der Waals surface area contributed by atoms with Crippen LogP contribution in [0, 0.1) is 12.8 Å². The molecule has 0 radical (unpaired) electrons. The zero-order valence-corrected chi connectivity index (χ0v) is 17.9. The van der Waals surface area contributed by atoms with Crippen molar-refractivity contribution in [2.24, 2.45) is 5.92 Å². The summed E-state index contributed by atoms with van der Waals surface area (Å²) in [7, 11) is 0. The predicted octanol–water partition coefficient (Wildman–Crippen LogP) is 3.01. The van der Waals surface area contributed by atoms with Crippen LogP contribution < -0.4 is 10.6 Å². The maximum absolute atomic E-state index is 12.8. The summed E-state index contributed by atoms with van der Waals surface area (Å²) >= 11 is 1.34. The molecule has 0 saturated carbocycles. The van der Waals surface area contributed by atoms with Crippen LogP contribution >= 0.6 is 11.3 Å². The van der Waals surface area contributed by atoms with Gasteiger partial charge in [-0.15, -0.1) is 17.9 Å². The van der Waals surface area contributed by atoms with Crippen molar-refractivity contribution in [2.45, 2.75) is 25.8 Å². The lowest BCUT2D eigenvalue weighted by atomic mass is 9.88. The Morgan fingerprint density at radius 3 is 2.50 bits per heavy atom. The Morgan fingerprint density at radius 2 is 1.90 bits per heavy atom. The first kappa shape index (κ1) is 21.8. The van der Waals surface area contributed by atoms with Gasteiger partial charge >= 0.3 is 0 Å². The van der Waals surface area contributed by atoms with Crippen LogP contribution in [0.2, 0.25) is 0 Å². The molecule has 1 fully saturated rings. The molecule has 0 unspecified atom stereocenters. The van der Waals surface area contributed by atoms with Crippen LogP contribution in [0.25, 0.3) is 0 Å². The van der Waals surface area contributed by atoms with Gasteiger partial charge < -0.3 is 15.5 Å². The molecule has 3 rings (SSSR count). The number of nitrogens with one attached hydrogen (secondary N) is 2. The SMILES string of the molecule is C=CCNC(=O)[C@@H](NC(=O)c1cccs1)C1CCN(C(=O)c2ccc(C)cc2)CC1. The number of thiophene rings is 1. The van der Waals surface area contributed by atoms with E-state index in [1.54, 1.807) is 12.1 Å². The summed E-state index contributed by atoms with van der Waals surface area (Å²) < 4.78 is 0. The first-order valence-electron chi connectivity index (χ1n) is 10.1. The van der Waals surface area contributed by atoms with Crippen LogP contribution in [-0.2, 0) is 4.79 Å². The van der Waals surface area contributed by atoms with Gasteiger partial charge in [0, 0.05) is 25.2 Å². The second kappa shape index (κ2) is 10.2. The Kier molecular flexibility index (Phi) is 7.41. The molecule has 30 heavy (non-hydrogen) atoms. The fourth-order valence-corrected chi connectivity index (χ4v) is 4.24. The fourth-order valence-electron chi connectivity index (χ4n) is 3.61. The molecule has 7 heteroatoms. The van der Waals surface area contributed by atoms with E-state index >= 15 is 0 Å². The van der Waals surface area contributed by atoms with E-state index in [9.17, 15) is 14.4 Å². The standard InChI is InChI=1S/C23H27N3O3S/c1-3-12-24-22(28)20(25-21(27)19-5-4-15-30-19)17-10-13-26(14-11-17)23(29)18-8-6-16(2)7-9-18/h3-9,15,17,20H,1,10-14H2,2H3,(H,24,28)(H,25,27)/t20-/m0/s1. The van der Waals surface area contributed by atoms with Gasteiger partial charge in [0.1, 0.15) is 6.04 Å². The first-order valence-corrected chi connectivity index (χ1v) is 11.0.